The van der Waals surface area contributed by atoms with Crippen LogP contribution in [0.3, 0.4) is 0 Å². The second-order valence-corrected chi connectivity index (χ2v) is 9.30. The van der Waals surface area contributed by atoms with E-state index in [4.69, 9.17) is 9.88 Å². The molecule has 2 heterocycles. The van der Waals surface area contributed by atoms with Crippen LogP contribution in [0.1, 0.15) is 28.9 Å². The fourth-order valence-electron chi connectivity index (χ4n) is 2.36. The smallest absolute Gasteiger partial charge is 0.247 e. The van der Waals surface area contributed by atoms with E-state index in [-0.39, 0.29) is 9.46 Å². The summed E-state index contributed by atoms with van der Waals surface area (Å²) in [7, 11) is -2.12. The second-order valence-electron chi connectivity index (χ2n) is 4.98. The summed E-state index contributed by atoms with van der Waals surface area (Å²) in [5, 5.41) is 15.5. The summed E-state index contributed by atoms with van der Waals surface area (Å²) < 4.78 is 29.0. The standard InChI is InChI=1S/C14H15NO4S3/c1-19-9-4-2-8(3-5-9)12-7-11(16)10-6-13(22(15,17)18)21-14(10)20-12/h2-6,11-12,16H,7H2,1H3,(H2,15,17,18). The van der Waals surface area contributed by atoms with E-state index in [1.165, 1.54) is 6.07 Å². The predicted octanol–water partition coefficient (Wildman–Crippen LogP) is 2.67. The van der Waals surface area contributed by atoms with Crippen LogP contribution in [-0.2, 0) is 10.0 Å². The Labute approximate surface area is 137 Å². The molecule has 3 rings (SSSR count). The molecule has 3 N–H and O–H groups in total. The number of primary sulfonamides is 1. The number of hydrogen-bond donors (Lipinski definition) is 2. The Morgan fingerprint density at radius 1 is 1.32 bits per heavy atom. The third kappa shape index (κ3) is 3.02. The molecule has 0 bridgehead atoms. The van der Waals surface area contributed by atoms with Crippen LogP contribution < -0.4 is 9.88 Å². The minimum Gasteiger partial charge on any atom is -0.497 e. The van der Waals surface area contributed by atoms with Crippen molar-refractivity contribution in [2.45, 2.75) is 26.2 Å². The van der Waals surface area contributed by atoms with Gasteiger partial charge in [0.05, 0.1) is 17.4 Å². The third-order valence-corrected chi connectivity index (χ3v) is 7.62. The van der Waals surface area contributed by atoms with Gasteiger partial charge in [-0.1, -0.05) is 12.1 Å². The van der Waals surface area contributed by atoms with Gasteiger partial charge in [0, 0.05) is 10.8 Å². The molecule has 8 heteroatoms. The lowest BCUT2D eigenvalue weighted by Gasteiger charge is -2.25. The highest BCUT2D eigenvalue weighted by molar-refractivity contribution is 8.02. The van der Waals surface area contributed by atoms with E-state index >= 15 is 0 Å². The van der Waals surface area contributed by atoms with E-state index in [2.05, 4.69) is 0 Å². The number of aliphatic hydroxyl groups is 1. The monoisotopic (exact) mass is 357 g/mol. The van der Waals surface area contributed by atoms with Gasteiger partial charge in [0.25, 0.3) is 0 Å². The normalized spacial score (nSPS) is 21.4. The molecule has 0 fully saturated rings. The van der Waals surface area contributed by atoms with Crippen molar-refractivity contribution in [2.75, 3.05) is 7.11 Å². The van der Waals surface area contributed by atoms with Gasteiger partial charge in [-0.05, 0) is 30.2 Å². The largest absolute Gasteiger partial charge is 0.497 e. The predicted molar refractivity (Wildman–Crippen MR) is 86.9 cm³/mol. The first-order valence-corrected chi connectivity index (χ1v) is 9.78. The van der Waals surface area contributed by atoms with Crippen molar-refractivity contribution in [3.05, 3.63) is 41.5 Å². The molecule has 2 atom stereocenters. The number of benzene rings is 1. The van der Waals surface area contributed by atoms with Crippen LogP contribution in [0.15, 0.2) is 38.8 Å². The SMILES string of the molecule is COc1ccc(C2CC(O)c3cc(S(N)(=O)=O)sc3S2)cc1. The molecule has 1 aliphatic heterocycles. The van der Waals surface area contributed by atoms with Crippen LogP contribution in [0.2, 0.25) is 0 Å². The number of thiophene rings is 1. The highest BCUT2D eigenvalue weighted by atomic mass is 32.3. The Hall–Kier alpha value is -1.06. The van der Waals surface area contributed by atoms with E-state index in [1.54, 1.807) is 18.9 Å². The van der Waals surface area contributed by atoms with Gasteiger partial charge < -0.3 is 9.84 Å². The zero-order valence-electron chi connectivity index (χ0n) is 11.7. The maximum absolute atomic E-state index is 11.5. The van der Waals surface area contributed by atoms with Crippen LogP contribution in [0.25, 0.3) is 0 Å². The van der Waals surface area contributed by atoms with Crippen LogP contribution in [-0.4, -0.2) is 20.6 Å². The molecule has 118 valence electrons. The molecule has 5 nitrogen and oxygen atoms in total. The Kier molecular flexibility index (Phi) is 4.21. The van der Waals surface area contributed by atoms with Crippen molar-refractivity contribution >= 4 is 33.1 Å². The molecular weight excluding hydrogens is 342 g/mol. The van der Waals surface area contributed by atoms with Gasteiger partial charge in [-0.3, -0.25) is 0 Å². The lowest BCUT2D eigenvalue weighted by Crippen LogP contribution is -2.10. The fourth-order valence-corrected chi connectivity index (χ4v) is 6.18. The molecule has 0 amide bonds. The number of hydrogen-bond acceptors (Lipinski definition) is 6. The van der Waals surface area contributed by atoms with E-state index in [0.29, 0.717) is 12.0 Å². The Morgan fingerprint density at radius 2 is 2.00 bits per heavy atom. The van der Waals surface area contributed by atoms with Gasteiger partial charge in [0.2, 0.25) is 10.0 Å². The molecule has 1 aliphatic rings. The third-order valence-electron chi connectivity index (χ3n) is 3.52. The molecule has 0 saturated heterocycles. The maximum Gasteiger partial charge on any atom is 0.247 e. The van der Waals surface area contributed by atoms with Crippen LogP contribution >= 0.6 is 23.1 Å². The zero-order chi connectivity index (χ0) is 15.9. The first-order chi connectivity index (χ1) is 10.4. The molecule has 2 aromatic rings. The molecule has 0 saturated carbocycles. The Bertz CT molecular complexity index is 783. The van der Waals surface area contributed by atoms with Gasteiger partial charge in [-0.15, -0.1) is 23.1 Å². The van der Waals surface area contributed by atoms with Gasteiger partial charge in [0.15, 0.2) is 0 Å². The quantitative estimate of drug-likeness (QED) is 0.881. The number of thioether (sulfide) groups is 1. The van der Waals surface area contributed by atoms with Crippen molar-refractivity contribution < 1.29 is 18.3 Å². The minimum atomic E-state index is -3.73. The molecule has 1 aromatic heterocycles. The molecule has 22 heavy (non-hydrogen) atoms. The number of aliphatic hydroxyl groups excluding tert-OH is 1. The lowest BCUT2D eigenvalue weighted by atomic mass is 10.0. The highest BCUT2D eigenvalue weighted by Gasteiger charge is 2.31. The summed E-state index contributed by atoms with van der Waals surface area (Å²) in [6.07, 6.45) is -0.153. The number of methoxy groups -OCH3 is 1. The number of ether oxygens (including phenoxy) is 1. The highest BCUT2D eigenvalue weighted by Crippen LogP contribution is 2.52. The van der Waals surface area contributed by atoms with Crippen LogP contribution in [0, 0.1) is 0 Å². The molecule has 0 aliphatic carbocycles. The van der Waals surface area contributed by atoms with Crippen molar-refractivity contribution in [3.8, 4) is 5.75 Å². The van der Waals surface area contributed by atoms with E-state index in [1.807, 2.05) is 24.3 Å². The number of nitrogens with two attached hydrogens (primary N) is 1. The van der Waals surface area contributed by atoms with E-state index < -0.39 is 16.1 Å². The minimum absolute atomic E-state index is 0.0698. The first kappa shape index (κ1) is 15.8. The van der Waals surface area contributed by atoms with Crippen molar-refractivity contribution in [1.82, 2.24) is 0 Å². The topological polar surface area (TPSA) is 89.6 Å². The average molecular weight is 357 g/mol. The van der Waals surface area contributed by atoms with Gasteiger partial charge >= 0.3 is 0 Å². The second kappa shape index (κ2) is 5.86. The van der Waals surface area contributed by atoms with Gasteiger partial charge in [-0.2, -0.15) is 0 Å². The van der Waals surface area contributed by atoms with Crippen LogP contribution in [0.4, 0.5) is 0 Å². The van der Waals surface area contributed by atoms with Gasteiger partial charge in [0.1, 0.15) is 9.96 Å². The number of fused-ring (bicyclic) bond motifs is 1. The maximum atomic E-state index is 11.5. The first-order valence-electron chi connectivity index (χ1n) is 6.53. The summed E-state index contributed by atoms with van der Waals surface area (Å²) in [6, 6.07) is 9.16. The van der Waals surface area contributed by atoms with Gasteiger partial charge in [-0.25, -0.2) is 13.6 Å². The van der Waals surface area contributed by atoms with E-state index in [9.17, 15) is 13.5 Å². The summed E-state index contributed by atoms with van der Waals surface area (Å²) in [4.78, 5) is 0. The molecule has 2 unspecified atom stereocenters. The Balaban J connectivity index is 1.91. The van der Waals surface area contributed by atoms with Crippen molar-refractivity contribution in [2.24, 2.45) is 5.14 Å². The summed E-state index contributed by atoms with van der Waals surface area (Å²) in [6.45, 7) is 0. The summed E-state index contributed by atoms with van der Waals surface area (Å²) >= 11 is 2.68. The molecule has 0 radical (unpaired) electrons. The molecular formula is C14H15NO4S3. The van der Waals surface area contributed by atoms with Crippen molar-refractivity contribution in [3.63, 3.8) is 0 Å². The fraction of sp³-hybridized carbons (Fsp3) is 0.286. The molecule has 0 spiro atoms. The zero-order valence-corrected chi connectivity index (χ0v) is 14.2. The van der Waals surface area contributed by atoms with Crippen LogP contribution in [0.5, 0.6) is 5.75 Å². The summed E-state index contributed by atoms with van der Waals surface area (Å²) in [5.41, 5.74) is 1.73. The number of sulfonamides is 1. The van der Waals surface area contributed by atoms with Crippen molar-refractivity contribution in [1.29, 1.82) is 0 Å². The lowest BCUT2D eigenvalue weighted by molar-refractivity contribution is 0.162. The average Bonchev–Trinajstić information content (AvgIpc) is 2.92. The van der Waals surface area contributed by atoms with E-state index in [0.717, 1.165) is 26.9 Å². The molecule has 1 aromatic carbocycles. The Morgan fingerprint density at radius 3 is 2.59 bits per heavy atom. The summed E-state index contributed by atoms with van der Waals surface area (Å²) in [5.74, 6) is 0.776. The number of rotatable bonds is 3.